The SMILES string of the molecule is C=CCN(C)S(=O)(=O)c1ccc(N=C=O)cc1. The van der Waals surface area contributed by atoms with E-state index in [1.807, 2.05) is 0 Å². The quantitative estimate of drug-likeness (QED) is 0.452. The van der Waals surface area contributed by atoms with Crippen LogP contribution in [0.15, 0.2) is 46.8 Å². The van der Waals surface area contributed by atoms with Crippen molar-refractivity contribution in [3.8, 4) is 0 Å². The van der Waals surface area contributed by atoms with Crippen LogP contribution in [-0.2, 0) is 14.8 Å². The molecule has 0 bridgehead atoms. The minimum atomic E-state index is -3.51. The maximum Gasteiger partial charge on any atom is 0.243 e. The van der Waals surface area contributed by atoms with Crippen molar-refractivity contribution in [1.29, 1.82) is 0 Å². The molecule has 0 fully saturated rings. The largest absolute Gasteiger partial charge is 0.243 e. The van der Waals surface area contributed by atoms with E-state index < -0.39 is 10.0 Å². The molecule has 0 aliphatic heterocycles. The molecule has 5 nitrogen and oxygen atoms in total. The van der Waals surface area contributed by atoms with E-state index in [1.54, 1.807) is 0 Å². The minimum absolute atomic E-state index is 0.145. The number of sulfonamides is 1. The normalized spacial score (nSPS) is 10.9. The molecule has 0 saturated heterocycles. The van der Waals surface area contributed by atoms with Crippen LogP contribution in [0.3, 0.4) is 0 Å². The molecule has 0 N–H and O–H groups in total. The van der Waals surface area contributed by atoms with Gasteiger partial charge in [0.25, 0.3) is 0 Å². The number of isocyanates is 1. The van der Waals surface area contributed by atoms with E-state index in [0.717, 1.165) is 0 Å². The Bertz CT molecular complexity index is 543. The van der Waals surface area contributed by atoms with Crippen molar-refractivity contribution in [2.45, 2.75) is 4.90 Å². The van der Waals surface area contributed by atoms with Crippen molar-refractivity contribution in [3.05, 3.63) is 36.9 Å². The summed E-state index contributed by atoms with van der Waals surface area (Å²) in [5, 5.41) is 0. The number of aliphatic imine (C=N–C) groups is 1. The number of hydrogen-bond acceptors (Lipinski definition) is 4. The molecule has 0 aliphatic carbocycles. The highest BCUT2D eigenvalue weighted by atomic mass is 32.2. The van der Waals surface area contributed by atoms with Gasteiger partial charge in [-0.1, -0.05) is 6.08 Å². The molecule has 0 unspecified atom stereocenters. The lowest BCUT2D eigenvalue weighted by atomic mass is 10.3. The summed E-state index contributed by atoms with van der Waals surface area (Å²) in [7, 11) is -2.04. The van der Waals surface area contributed by atoms with Gasteiger partial charge in [-0.3, -0.25) is 0 Å². The summed E-state index contributed by atoms with van der Waals surface area (Å²) < 4.78 is 25.1. The molecular weight excluding hydrogens is 240 g/mol. The molecule has 6 heteroatoms. The molecule has 17 heavy (non-hydrogen) atoms. The van der Waals surface area contributed by atoms with Gasteiger partial charge in [0.2, 0.25) is 16.1 Å². The molecule has 1 rings (SSSR count). The average Bonchev–Trinajstić information content (AvgIpc) is 2.30. The summed E-state index contributed by atoms with van der Waals surface area (Å²) in [5.41, 5.74) is 0.366. The molecule has 0 aromatic heterocycles. The summed E-state index contributed by atoms with van der Waals surface area (Å²) in [4.78, 5) is 13.5. The van der Waals surface area contributed by atoms with E-state index in [2.05, 4.69) is 11.6 Å². The van der Waals surface area contributed by atoms with E-state index in [-0.39, 0.29) is 11.4 Å². The second kappa shape index (κ2) is 5.54. The van der Waals surface area contributed by atoms with Crippen molar-refractivity contribution >= 4 is 21.8 Å². The average molecular weight is 252 g/mol. The fourth-order valence-electron chi connectivity index (χ4n) is 1.21. The Hall–Kier alpha value is -1.75. The van der Waals surface area contributed by atoms with Crippen molar-refractivity contribution in [3.63, 3.8) is 0 Å². The number of rotatable bonds is 5. The van der Waals surface area contributed by atoms with Gasteiger partial charge in [-0.25, -0.2) is 13.2 Å². The smallest absolute Gasteiger partial charge is 0.211 e. The van der Waals surface area contributed by atoms with Crippen LogP contribution in [0.2, 0.25) is 0 Å². The highest BCUT2D eigenvalue weighted by Crippen LogP contribution is 2.18. The highest BCUT2D eigenvalue weighted by Gasteiger charge is 2.19. The second-order valence-corrected chi connectivity index (χ2v) is 5.32. The molecule has 0 radical (unpaired) electrons. The molecule has 0 heterocycles. The molecule has 0 spiro atoms. The van der Waals surface area contributed by atoms with Crippen LogP contribution in [0, 0.1) is 0 Å². The van der Waals surface area contributed by atoms with E-state index in [4.69, 9.17) is 0 Å². The van der Waals surface area contributed by atoms with Gasteiger partial charge in [0.1, 0.15) is 0 Å². The van der Waals surface area contributed by atoms with Crippen LogP contribution < -0.4 is 0 Å². The topological polar surface area (TPSA) is 66.8 Å². The lowest BCUT2D eigenvalue weighted by Gasteiger charge is -2.14. The van der Waals surface area contributed by atoms with Crippen molar-refractivity contribution in [2.24, 2.45) is 4.99 Å². The first kappa shape index (κ1) is 13.3. The number of hydrogen-bond donors (Lipinski definition) is 0. The van der Waals surface area contributed by atoms with Gasteiger partial charge in [0, 0.05) is 13.6 Å². The van der Waals surface area contributed by atoms with E-state index in [9.17, 15) is 13.2 Å². The Morgan fingerprint density at radius 2 is 2.00 bits per heavy atom. The third-order valence-electron chi connectivity index (χ3n) is 2.11. The molecule has 0 atom stereocenters. The first-order valence-electron chi connectivity index (χ1n) is 4.77. The van der Waals surface area contributed by atoms with E-state index in [1.165, 1.54) is 47.8 Å². The highest BCUT2D eigenvalue weighted by molar-refractivity contribution is 7.89. The molecule has 0 amide bonds. The second-order valence-electron chi connectivity index (χ2n) is 3.27. The minimum Gasteiger partial charge on any atom is -0.211 e. The van der Waals surface area contributed by atoms with Crippen LogP contribution in [0.25, 0.3) is 0 Å². The zero-order chi connectivity index (χ0) is 12.9. The molecular formula is C11H12N2O3S. The van der Waals surface area contributed by atoms with Crippen molar-refractivity contribution in [1.82, 2.24) is 4.31 Å². The van der Waals surface area contributed by atoms with E-state index >= 15 is 0 Å². The van der Waals surface area contributed by atoms with Crippen LogP contribution >= 0.6 is 0 Å². The Kier molecular flexibility index (Phi) is 4.34. The molecule has 0 aliphatic rings. The third-order valence-corrected chi connectivity index (χ3v) is 3.94. The molecule has 0 saturated carbocycles. The van der Waals surface area contributed by atoms with E-state index in [0.29, 0.717) is 5.69 Å². The molecule has 1 aromatic carbocycles. The first-order chi connectivity index (χ1) is 8.02. The number of carbonyl (C=O) groups excluding carboxylic acids is 1. The number of likely N-dealkylation sites (N-methyl/N-ethyl adjacent to an activating group) is 1. The summed E-state index contributed by atoms with van der Waals surface area (Å²) in [6, 6.07) is 5.68. The predicted molar refractivity (Wildman–Crippen MR) is 64.2 cm³/mol. The van der Waals surface area contributed by atoms with Crippen LogP contribution in [0.5, 0.6) is 0 Å². The van der Waals surface area contributed by atoms with Gasteiger partial charge in [-0.2, -0.15) is 9.30 Å². The fourth-order valence-corrected chi connectivity index (χ4v) is 2.35. The standard InChI is InChI=1S/C11H12N2O3S/c1-3-8-13(2)17(15,16)11-6-4-10(5-7-11)12-9-14/h3-7H,1,8H2,2H3. The van der Waals surface area contributed by atoms with Gasteiger partial charge >= 0.3 is 0 Å². The Morgan fingerprint density at radius 1 is 1.41 bits per heavy atom. The maximum absolute atomic E-state index is 12.0. The monoisotopic (exact) mass is 252 g/mol. The third kappa shape index (κ3) is 3.10. The zero-order valence-corrected chi connectivity index (χ0v) is 10.1. The number of nitrogens with zero attached hydrogens (tertiary/aromatic N) is 2. The molecule has 1 aromatic rings. The van der Waals surface area contributed by atoms with Gasteiger partial charge in [-0.05, 0) is 24.3 Å². The van der Waals surface area contributed by atoms with Gasteiger partial charge in [0.05, 0.1) is 10.6 Å². The summed E-state index contributed by atoms with van der Waals surface area (Å²) >= 11 is 0. The predicted octanol–water partition coefficient (Wildman–Crippen LogP) is 1.46. The summed E-state index contributed by atoms with van der Waals surface area (Å²) in [6.07, 6.45) is 2.89. The first-order valence-corrected chi connectivity index (χ1v) is 6.21. The van der Waals surface area contributed by atoms with Gasteiger partial charge in [0.15, 0.2) is 0 Å². The Morgan fingerprint density at radius 3 is 2.47 bits per heavy atom. The zero-order valence-electron chi connectivity index (χ0n) is 9.33. The summed E-state index contributed by atoms with van der Waals surface area (Å²) in [5.74, 6) is 0. The maximum atomic E-state index is 12.0. The molecule has 90 valence electrons. The lowest BCUT2D eigenvalue weighted by molar-refractivity contribution is 0.499. The summed E-state index contributed by atoms with van der Waals surface area (Å²) in [6.45, 7) is 3.71. The van der Waals surface area contributed by atoms with Crippen molar-refractivity contribution in [2.75, 3.05) is 13.6 Å². The van der Waals surface area contributed by atoms with Crippen molar-refractivity contribution < 1.29 is 13.2 Å². The number of benzene rings is 1. The Balaban J connectivity index is 3.07. The fraction of sp³-hybridized carbons (Fsp3) is 0.182. The van der Waals surface area contributed by atoms with Crippen LogP contribution in [0.4, 0.5) is 5.69 Å². The lowest BCUT2D eigenvalue weighted by Crippen LogP contribution is -2.26. The van der Waals surface area contributed by atoms with Gasteiger partial charge < -0.3 is 0 Å². The van der Waals surface area contributed by atoms with Crippen LogP contribution in [0.1, 0.15) is 0 Å². The Labute approximate surface area is 100 Å². The van der Waals surface area contributed by atoms with Crippen LogP contribution in [-0.4, -0.2) is 32.4 Å². The van der Waals surface area contributed by atoms with Gasteiger partial charge in [-0.15, -0.1) is 6.58 Å².